The fraction of sp³-hybridized carbons (Fsp3) is 0.0755. The summed E-state index contributed by atoms with van der Waals surface area (Å²) in [6.45, 7) is 13.1. The van der Waals surface area contributed by atoms with E-state index in [4.69, 9.17) is 15.0 Å². The van der Waals surface area contributed by atoms with Gasteiger partial charge in [0.25, 0.3) is 0 Å². The first kappa shape index (κ1) is 76.9. The summed E-state index contributed by atoms with van der Waals surface area (Å²) in [5, 5.41) is 34.0. The summed E-state index contributed by atoms with van der Waals surface area (Å²) in [6.07, 6.45) is 3.61. The molecule has 0 aliphatic carbocycles. The van der Waals surface area contributed by atoms with Crippen molar-refractivity contribution in [3.05, 3.63) is 388 Å². The van der Waals surface area contributed by atoms with E-state index in [1.807, 2.05) is 54.7 Å². The molecular formula is C106H81LiN6O2Pt. The molecule has 0 unspecified atom stereocenters. The number of nitrogens with one attached hydrogen (secondary N) is 1. The largest absolute Gasteiger partial charge is 1.00 e. The van der Waals surface area contributed by atoms with Gasteiger partial charge in [-0.15, -0.1) is 29.8 Å². The Morgan fingerprint density at radius 2 is 0.879 bits per heavy atom. The van der Waals surface area contributed by atoms with Crippen LogP contribution in [0.1, 0.15) is 52.7 Å². The Hall–Kier alpha value is -13.1. The third-order valence-corrected chi connectivity index (χ3v) is 21.8. The van der Waals surface area contributed by atoms with E-state index in [-0.39, 0.29) is 62.3 Å². The van der Waals surface area contributed by atoms with E-state index in [9.17, 15) is 10.2 Å². The monoisotopic (exact) mass is 1670 g/mol. The van der Waals surface area contributed by atoms with Crippen LogP contribution in [0.4, 0.5) is 0 Å². The van der Waals surface area contributed by atoms with Crippen molar-refractivity contribution in [2.45, 2.75) is 52.4 Å². The Morgan fingerprint density at radius 3 is 1.53 bits per heavy atom. The summed E-state index contributed by atoms with van der Waals surface area (Å²) in [5.41, 5.74) is 23.3. The zero-order valence-corrected chi connectivity index (χ0v) is 67.9. The van der Waals surface area contributed by atoms with Gasteiger partial charge in [-0.1, -0.05) is 301 Å². The van der Waals surface area contributed by atoms with E-state index >= 15 is 0 Å². The summed E-state index contributed by atoms with van der Waals surface area (Å²) < 4.78 is 4.43. The van der Waals surface area contributed by atoms with Crippen LogP contribution in [0.15, 0.2) is 370 Å². The summed E-state index contributed by atoms with van der Waals surface area (Å²) in [5.74, 6) is 1.94. The third-order valence-electron chi connectivity index (χ3n) is 21.8. The molecule has 20 aromatic rings. The molecule has 4 aromatic heterocycles. The van der Waals surface area contributed by atoms with Crippen LogP contribution in [0, 0.1) is 6.07 Å². The summed E-state index contributed by atoms with van der Waals surface area (Å²) in [4.78, 5) is 18.1. The molecule has 16 aromatic carbocycles. The van der Waals surface area contributed by atoms with Gasteiger partial charge in [0.2, 0.25) is 5.52 Å². The summed E-state index contributed by atoms with van der Waals surface area (Å²) >= 11 is 0. The van der Waals surface area contributed by atoms with Gasteiger partial charge in [0.1, 0.15) is 17.4 Å². The molecule has 0 aliphatic heterocycles. The molecule has 0 radical (unpaired) electrons. The molecule has 10 heteroatoms. The second-order valence-electron chi connectivity index (χ2n) is 31.2. The molecule has 0 saturated heterocycles. The van der Waals surface area contributed by atoms with E-state index in [1.165, 1.54) is 70.9 Å². The smallest absolute Gasteiger partial charge is 0.868 e. The summed E-state index contributed by atoms with van der Waals surface area (Å²) in [6, 6.07) is 129. The zero-order valence-electron chi connectivity index (χ0n) is 65.6. The molecule has 558 valence electrons. The number of fused-ring (bicyclic) bond motifs is 7. The molecule has 0 bridgehead atoms. The van der Waals surface area contributed by atoms with Crippen LogP contribution in [0.2, 0.25) is 0 Å². The quantitative estimate of drug-likeness (QED) is 0.0834. The third kappa shape index (κ3) is 15.0. The Kier molecular flexibility index (Phi) is 21.5. The van der Waals surface area contributed by atoms with Crippen LogP contribution in [-0.4, -0.2) is 29.2 Å². The first-order valence-corrected chi connectivity index (χ1v) is 38.8. The molecule has 0 fully saturated rings. The maximum absolute atomic E-state index is 12.0. The number of hydrogen-bond donors (Lipinski definition) is 1. The predicted octanol–water partition coefficient (Wildman–Crippen LogP) is 23.2. The summed E-state index contributed by atoms with van der Waals surface area (Å²) in [7, 11) is 0. The van der Waals surface area contributed by atoms with Crippen molar-refractivity contribution in [3.63, 3.8) is 0 Å². The number of H-pyrrole nitrogens is 1. The molecule has 2 N–H and O–H groups in total. The number of imidazole rings is 2. The average Bonchev–Trinajstić information content (AvgIpc) is 1.01. The number of aromatic amines is 1. The number of nitrogens with zero attached hydrogens (tertiary/aromatic N) is 5. The van der Waals surface area contributed by atoms with Crippen molar-refractivity contribution in [1.82, 2.24) is 24.1 Å². The first-order chi connectivity index (χ1) is 55.6. The van der Waals surface area contributed by atoms with Gasteiger partial charge in [0.05, 0.1) is 27.6 Å². The second kappa shape index (κ2) is 32.4. The van der Waals surface area contributed by atoms with Gasteiger partial charge in [0, 0.05) is 66.9 Å². The Bertz CT molecular complexity index is 7020. The number of aromatic nitrogens is 6. The second-order valence-corrected chi connectivity index (χ2v) is 31.2. The van der Waals surface area contributed by atoms with Crippen molar-refractivity contribution in [2.24, 2.45) is 0 Å². The van der Waals surface area contributed by atoms with Crippen LogP contribution in [0.5, 0.6) is 11.5 Å². The van der Waals surface area contributed by atoms with Gasteiger partial charge < -0.3 is 10.2 Å². The van der Waals surface area contributed by atoms with Crippen LogP contribution >= 0.6 is 0 Å². The van der Waals surface area contributed by atoms with E-state index in [0.717, 1.165) is 106 Å². The molecule has 0 spiro atoms. The standard InChI is InChI=1S/C53H34N2.C44H40N3O.C9H7NO.Li.Pt/c1-2-16-44(17-3-1)55-50-21-11-10-20-49(50)54-53(55)38-26-22-37(23-27-38)41-30-31-47-48(34-41)52(43-29-25-36-13-5-7-15-40(36)33-43)46-19-9-8-18-45(46)51(47)42-28-24-35-12-4-6-14-39(35)32-42;1-43(2,3)33-27-36(41(48)37(28-33)44(4,5)6)42-46-40-35(21-14-22-39(40)47(42)34-19-11-8-12-20-34)31-17-13-18-32(25-31)38-26-30(23-24-45-38)29-15-9-7-10-16-29;11-8-5-1-3-7-4-2-6-10-9(7)8;;/h1-34H;7-24,26-28,48H,1-6H3;1-6,11H;;/q;-1;;+1;. The minimum atomic E-state index is -0.268. The molecule has 0 saturated carbocycles. The fourth-order valence-corrected chi connectivity index (χ4v) is 16.0. The fourth-order valence-electron chi connectivity index (χ4n) is 16.0. The van der Waals surface area contributed by atoms with Gasteiger partial charge in [0.15, 0.2) is 6.20 Å². The van der Waals surface area contributed by atoms with E-state index in [2.05, 4.69) is 359 Å². The number of phenols is 1. The Morgan fingerprint density at radius 1 is 0.371 bits per heavy atom. The number of pyridine rings is 2. The van der Waals surface area contributed by atoms with Gasteiger partial charge >= 0.3 is 18.9 Å². The number of rotatable bonds is 10. The molecular weight excluding hydrogens is 1590 g/mol. The normalized spacial score (nSPS) is 11.5. The molecule has 116 heavy (non-hydrogen) atoms. The topological polar surface area (TPSA) is 106 Å². The number of aromatic hydroxyl groups is 1. The Balaban J connectivity index is 0.000000152. The maximum atomic E-state index is 12.0. The SMILES string of the molecule is CC(C)(C)c1cc(-c2nc3c(-c4[c-]c(-c5cc(-c6ccccc6)ccn5)ccc4)cccc3n2-c2ccccc2)c(O)c(C(C)(C)C)c1.[Li+].[O-]c1cccc2ccc[nH+]c12.[Pt].c1ccc(-n2c(-c3ccc(-c4ccc5c(-c6ccc7ccccc7c6)c6ccccc6c(-c6ccc7ccccc7c6)c5c4)cc3)nc3ccccc32)cc1. The van der Waals surface area contributed by atoms with Crippen molar-refractivity contribution >= 4 is 76.1 Å². The number of benzene rings is 16. The van der Waals surface area contributed by atoms with E-state index in [1.54, 1.807) is 18.3 Å². The van der Waals surface area contributed by atoms with Crippen LogP contribution < -0.4 is 29.0 Å². The van der Waals surface area contributed by atoms with E-state index in [0.29, 0.717) is 11.3 Å². The molecule has 8 nitrogen and oxygen atoms in total. The number of hydrogen-bond acceptors (Lipinski definition) is 5. The van der Waals surface area contributed by atoms with Crippen molar-refractivity contribution in [1.29, 1.82) is 0 Å². The Labute approximate surface area is 702 Å². The van der Waals surface area contributed by atoms with Crippen molar-refractivity contribution in [2.75, 3.05) is 0 Å². The zero-order chi connectivity index (χ0) is 77.6. The molecule has 20 rings (SSSR count). The number of phenolic OH excluding ortho intramolecular Hbond substituents is 1. The minimum absolute atomic E-state index is 0. The van der Waals surface area contributed by atoms with Gasteiger partial charge in [-0.05, 0) is 195 Å². The van der Waals surface area contributed by atoms with Gasteiger partial charge in [-0.2, -0.15) is 0 Å². The van der Waals surface area contributed by atoms with E-state index < -0.39 is 0 Å². The van der Waals surface area contributed by atoms with Crippen LogP contribution in [-0.2, 0) is 31.9 Å². The number of para-hydroxylation sites is 6. The van der Waals surface area contributed by atoms with Crippen LogP contribution in [0.3, 0.4) is 0 Å². The molecule has 0 atom stereocenters. The van der Waals surface area contributed by atoms with Crippen molar-refractivity contribution < 1.29 is 55.1 Å². The van der Waals surface area contributed by atoms with Crippen molar-refractivity contribution in [3.8, 4) is 113 Å². The predicted molar refractivity (Wildman–Crippen MR) is 471 cm³/mol. The first-order valence-electron chi connectivity index (χ1n) is 38.8. The maximum Gasteiger partial charge on any atom is 1.00 e. The molecule has 0 aliphatic rings. The molecule has 4 heterocycles. The molecule has 0 amide bonds. The minimum Gasteiger partial charge on any atom is -0.868 e. The van der Waals surface area contributed by atoms with Crippen LogP contribution in [0.25, 0.3) is 177 Å². The van der Waals surface area contributed by atoms with Gasteiger partial charge in [-0.3, -0.25) is 14.1 Å². The average molecular weight is 1670 g/mol. The van der Waals surface area contributed by atoms with Gasteiger partial charge in [-0.25, -0.2) is 15.0 Å².